The van der Waals surface area contributed by atoms with Crippen LogP contribution >= 0.6 is 0 Å². The van der Waals surface area contributed by atoms with Crippen LogP contribution in [0.4, 0.5) is 13.6 Å². The molecule has 0 bridgehead atoms. The summed E-state index contributed by atoms with van der Waals surface area (Å²) < 4.78 is 27.4. The molecule has 3 aromatic rings. The highest BCUT2D eigenvalue weighted by Crippen LogP contribution is 2.48. The molecule has 3 amide bonds. The molecular weight excluding hydrogens is 388 g/mol. The first kappa shape index (κ1) is 19.6. The highest BCUT2D eigenvalue weighted by Gasteiger charge is 2.54. The van der Waals surface area contributed by atoms with Gasteiger partial charge in [-0.3, -0.25) is 4.79 Å². The molecule has 1 saturated heterocycles. The maximum absolute atomic E-state index is 13.7. The molecule has 3 aromatic carbocycles. The number of benzene rings is 3. The molecule has 1 fully saturated rings. The summed E-state index contributed by atoms with van der Waals surface area (Å²) in [5.74, 6) is -1.52. The fourth-order valence-corrected chi connectivity index (χ4v) is 4.11. The van der Waals surface area contributed by atoms with E-state index in [1.807, 2.05) is 30.3 Å². The van der Waals surface area contributed by atoms with Gasteiger partial charge in [0, 0.05) is 0 Å². The predicted molar refractivity (Wildman–Crippen MR) is 107 cm³/mol. The number of amides is 3. The molecule has 1 atom stereocenters. The van der Waals surface area contributed by atoms with E-state index in [2.05, 4.69) is 5.32 Å². The number of carbonyl (C=O) groups is 2. The van der Waals surface area contributed by atoms with E-state index < -0.39 is 35.2 Å². The average Bonchev–Trinajstić information content (AvgIpc) is 3.02. The van der Waals surface area contributed by atoms with Crippen molar-refractivity contribution in [1.29, 1.82) is 0 Å². The Hall–Kier alpha value is -3.74. The number of primary amides is 1. The number of nitrogens with two attached hydrogens (primary N) is 1. The second kappa shape index (κ2) is 7.59. The number of hydrogen-bond donors (Lipinski definition) is 2. The molecule has 5 nitrogen and oxygen atoms in total. The molecule has 0 aromatic heterocycles. The van der Waals surface area contributed by atoms with Crippen molar-refractivity contribution in [3.05, 3.63) is 107 Å². The molecule has 1 heterocycles. The molecule has 0 radical (unpaired) electrons. The van der Waals surface area contributed by atoms with Gasteiger partial charge in [0.05, 0.1) is 6.04 Å². The van der Waals surface area contributed by atoms with E-state index in [0.29, 0.717) is 11.1 Å². The molecule has 30 heavy (non-hydrogen) atoms. The summed E-state index contributed by atoms with van der Waals surface area (Å²) in [5, 5.41) is 2.98. The van der Waals surface area contributed by atoms with Crippen LogP contribution in [0.25, 0.3) is 0 Å². The van der Waals surface area contributed by atoms with Crippen LogP contribution in [-0.2, 0) is 10.3 Å². The van der Waals surface area contributed by atoms with E-state index >= 15 is 0 Å². The second-order valence-electron chi connectivity index (χ2n) is 7.16. The predicted octanol–water partition coefficient (Wildman–Crippen LogP) is 3.46. The summed E-state index contributed by atoms with van der Waals surface area (Å²) in [7, 11) is 0. The quantitative estimate of drug-likeness (QED) is 0.680. The Balaban J connectivity index is 2.00. The van der Waals surface area contributed by atoms with Crippen LogP contribution in [-0.4, -0.2) is 23.4 Å². The molecule has 152 valence electrons. The van der Waals surface area contributed by atoms with Gasteiger partial charge in [0.1, 0.15) is 23.7 Å². The SMILES string of the molecule is NC(=O)CN1C(=O)NC(c2ccc(F)cc2)(c2ccc(F)cc2)C1c1ccccc1. The summed E-state index contributed by atoms with van der Waals surface area (Å²) >= 11 is 0. The van der Waals surface area contributed by atoms with Gasteiger partial charge in [0.15, 0.2) is 0 Å². The average molecular weight is 407 g/mol. The first-order valence-corrected chi connectivity index (χ1v) is 9.36. The van der Waals surface area contributed by atoms with Crippen LogP contribution in [0.15, 0.2) is 78.9 Å². The van der Waals surface area contributed by atoms with Crippen LogP contribution in [0.5, 0.6) is 0 Å². The molecular formula is C23H19F2N3O2. The fraction of sp³-hybridized carbons (Fsp3) is 0.130. The van der Waals surface area contributed by atoms with Crippen molar-refractivity contribution in [3.8, 4) is 0 Å². The lowest BCUT2D eigenvalue weighted by Crippen LogP contribution is -2.44. The highest BCUT2D eigenvalue weighted by atomic mass is 19.1. The zero-order chi connectivity index (χ0) is 21.3. The van der Waals surface area contributed by atoms with Crippen LogP contribution in [0, 0.1) is 11.6 Å². The van der Waals surface area contributed by atoms with E-state index in [4.69, 9.17) is 5.73 Å². The van der Waals surface area contributed by atoms with E-state index in [-0.39, 0.29) is 6.54 Å². The number of hydrogen-bond acceptors (Lipinski definition) is 2. The molecule has 0 saturated carbocycles. The van der Waals surface area contributed by atoms with E-state index in [9.17, 15) is 18.4 Å². The minimum atomic E-state index is -1.20. The minimum absolute atomic E-state index is 0.310. The Labute approximate surface area is 172 Å². The largest absolute Gasteiger partial charge is 0.368 e. The summed E-state index contributed by atoms with van der Waals surface area (Å²) in [4.78, 5) is 26.2. The summed E-state index contributed by atoms with van der Waals surface area (Å²) in [6.07, 6.45) is 0. The third kappa shape index (κ3) is 3.28. The lowest BCUT2D eigenvalue weighted by atomic mass is 9.75. The number of urea groups is 1. The van der Waals surface area contributed by atoms with Crippen LogP contribution < -0.4 is 11.1 Å². The van der Waals surface area contributed by atoms with Crippen molar-refractivity contribution >= 4 is 11.9 Å². The standard InChI is InChI=1S/C23H19F2N3O2/c24-18-10-6-16(7-11-18)23(17-8-12-19(25)13-9-17)21(15-4-2-1-3-5-15)28(14-20(26)29)22(30)27-23/h1-13,21H,14H2,(H2,26,29)(H,27,30). The van der Waals surface area contributed by atoms with E-state index in [0.717, 1.165) is 5.56 Å². The highest BCUT2D eigenvalue weighted by molar-refractivity contribution is 5.87. The van der Waals surface area contributed by atoms with Gasteiger partial charge in [-0.15, -0.1) is 0 Å². The van der Waals surface area contributed by atoms with Gasteiger partial charge >= 0.3 is 6.03 Å². The third-order valence-corrected chi connectivity index (χ3v) is 5.33. The number of rotatable bonds is 5. The zero-order valence-electron chi connectivity index (χ0n) is 15.9. The number of nitrogens with one attached hydrogen (secondary N) is 1. The van der Waals surface area contributed by atoms with Crippen molar-refractivity contribution < 1.29 is 18.4 Å². The van der Waals surface area contributed by atoms with E-state index in [1.54, 1.807) is 24.3 Å². The zero-order valence-corrected chi connectivity index (χ0v) is 15.9. The second-order valence-corrected chi connectivity index (χ2v) is 7.16. The first-order chi connectivity index (χ1) is 14.4. The molecule has 7 heteroatoms. The molecule has 1 aliphatic heterocycles. The van der Waals surface area contributed by atoms with Crippen LogP contribution in [0.2, 0.25) is 0 Å². The summed E-state index contributed by atoms with van der Waals surface area (Å²) in [5.41, 5.74) is 6.14. The maximum Gasteiger partial charge on any atom is 0.319 e. The van der Waals surface area contributed by atoms with Crippen molar-refractivity contribution in [2.45, 2.75) is 11.6 Å². The molecule has 0 aliphatic carbocycles. The van der Waals surface area contributed by atoms with Crippen molar-refractivity contribution in [1.82, 2.24) is 10.2 Å². The van der Waals surface area contributed by atoms with Crippen molar-refractivity contribution in [3.63, 3.8) is 0 Å². The van der Waals surface area contributed by atoms with Gasteiger partial charge in [-0.25, -0.2) is 13.6 Å². The van der Waals surface area contributed by atoms with Gasteiger partial charge in [0.2, 0.25) is 5.91 Å². The summed E-state index contributed by atoms with van der Waals surface area (Å²) in [6.45, 7) is -0.310. The number of halogens is 2. The van der Waals surface area contributed by atoms with Gasteiger partial charge in [-0.2, -0.15) is 0 Å². The van der Waals surface area contributed by atoms with Crippen LogP contribution in [0.1, 0.15) is 22.7 Å². The maximum atomic E-state index is 13.7. The van der Waals surface area contributed by atoms with Crippen LogP contribution in [0.3, 0.4) is 0 Å². The topological polar surface area (TPSA) is 75.4 Å². The molecule has 1 aliphatic rings. The fourth-order valence-electron chi connectivity index (χ4n) is 4.11. The monoisotopic (exact) mass is 407 g/mol. The molecule has 1 unspecified atom stereocenters. The number of carbonyl (C=O) groups excluding carboxylic acids is 2. The Morgan fingerprint density at radius 1 is 0.900 bits per heavy atom. The summed E-state index contributed by atoms with van der Waals surface area (Å²) in [6, 6.07) is 19.4. The minimum Gasteiger partial charge on any atom is -0.368 e. The third-order valence-electron chi connectivity index (χ3n) is 5.33. The Kier molecular flexibility index (Phi) is 4.95. The lowest BCUT2D eigenvalue weighted by molar-refractivity contribution is -0.118. The first-order valence-electron chi connectivity index (χ1n) is 9.36. The molecule has 0 spiro atoms. The smallest absolute Gasteiger partial charge is 0.319 e. The van der Waals surface area contributed by atoms with Crippen molar-refractivity contribution in [2.24, 2.45) is 5.73 Å². The van der Waals surface area contributed by atoms with Crippen molar-refractivity contribution in [2.75, 3.05) is 6.54 Å². The van der Waals surface area contributed by atoms with Gasteiger partial charge in [-0.1, -0.05) is 54.6 Å². The Bertz CT molecular complexity index is 1020. The van der Waals surface area contributed by atoms with Gasteiger partial charge < -0.3 is 16.0 Å². The Morgan fingerprint density at radius 2 is 1.40 bits per heavy atom. The Morgan fingerprint density at radius 3 is 1.87 bits per heavy atom. The van der Waals surface area contributed by atoms with Gasteiger partial charge in [-0.05, 0) is 41.0 Å². The lowest BCUT2D eigenvalue weighted by Gasteiger charge is -2.38. The van der Waals surface area contributed by atoms with E-state index in [1.165, 1.54) is 29.2 Å². The molecule has 3 N–H and O–H groups in total. The van der Waals surface area contributed by atoms with Gasteiger partial charge in [0.25, 0.3) is 0 Å². The number of nitrogens with zero attached hydrogens (tertiary/aromatic N) is 1. The normalized spacial score (nSPS) is 17.6. The molecule has 4 rings (SSSR count).